The van der Waals surface area contributed by atoms with Gasteiger partial charge in [0, 0.05) is 18.4 Å². The second kappa shape index (κ2) is 7.13. The van der Waals surface area contributed by atoms with Gasteiger partial charge < -0.3 is 10.5 Å². The molecular formula is C13H19NO4S. The largest absolute Gasteiger partial charge is 0.466 e. The van der Waals surface area contributed by atoms with E-state index >= 15 is 0 Å². The topological polar surface area (TPSA) is 86.5 Å². The average Bonchev–Trinajstić information content (AvgIpc) is 2.33. The van der Waals surface area contributed by atoms with E-state index in [4.69, 9.17) is 10.5 Å². The van der Waals surface area contributed by atoms with Crippen molar-refractivity contribution in [3.63, 3.8) is 0 Å². The number of esters is 1. The van der Waals surface area contributed by atoms with Crippen LogP contribution in [-0.2, 0) is 25.8 Å². The van der Waals surface area contributed by atoms with E-state index in [9.17, 15) is 13.2 Å². The van der Waals surface area contributed by atoms with Gasteiger partial charge in [0.1, 0.15) is 9.84 Å². The predicted molar refractivity (Wildman–Crippen MR) is 74.5 cm³/mol. The summed E-state index contributed by atoms with van der Waals surface area (Å²) in [7, 11) is -2.98. The number of carbonyl (C=O) groups excluding carboxylic acids is 1. The molecule has 0 amide bonds. The Kier molecular flexibility index (Phi) is 5.82. The molecule has 0 spiro atoms. The van der Waals surface area contributed by atoms with E-state index in [1.807, 2.05) is 12.1 Å². The highest BCUT2D eigenvalue weighted by Gasteiger charge is 2.06. The lowest BCUT2D eigenvalue weighted by molar-refractivity contribution is -0.143. The molecule has 0 aromatic heterocycles. The summed E-state index contributed by atoms with van der Waals surface area (Å²) >= 11 is 0. The van der Waals surface area contributed by atoms with E-state index in [-0.39, 0.29) is 24.7 Å². The van der Waals surface area contributed by atoms with Crippen LogP contribution >= 0.6 is 0 Å². The first-order valence-electron chi connectivity index (χ1n) is 6.04. The molecule has 0 aliphatic carbocycles. The number of aryl methyl sites for hydroxylation is 1. The molecule has 0 saturated carbocycles. The first-order chi connectivity index (χ1) is 8.87. The fourth-order valence-electron chi connectivity index (χ4n) is 1.51. The standard InChI is InChI=1S/C13H19NO4S/c1-19(16,17)10-2-9-18-13(15)8-5-11-3-6-12(14)7-4-11/h3-4,6-7H,2,5,8-10,14H2,1H3. The predicted octanol–water partition coefficient (Wildman–Crippen LogP) is 1.18. The maximum atomic E-state index is 11.4. The molecule has 19 heavy (non-hydrogen) atoms. The SMILES string of the molecule is CS(=O)(=O)CCCOC(=O)CCc1ccc(N)cc1. The van der Waals surface area contributed by atoms with Crippen LogP contribution in [-0.4, -0.2) is 33.0 Å². The Labute approximate surface area is 113 Å². The highest BCUT2D eigenvalue weighted by atomic mass is 32.2. The maximum absolute atomic E-state index is 11.4. The van der Waals surface area contributed by atoms with E-state index in [1.54, 1.807) is 12.1 Å². The fraction of sp³-hybridized carbons (Fsp3) is 0.462. The molecule has 0 saturated heterocycles. The van der Waals surface area contributed by atoms with Crippen LogP contribution < -0.4 is 5.73 Å². The molecule has 0 heterocycles. The molecule has 0 bridgehead atoms. The van der Waals surface area contributed by atoms with Crippen LogP contribution in [0.5, 0.6) is 0 Å². The van der Waals surface area contributed by atoms with Gasteiger partial charge in [-0.2, -0.15) is 0 Å². The van der Waals surface area contributed by atoms with Crippen molar-refractivity contribution in [2.24, 2.45) is 0 Å². The molecule has 1 aromatic carbocycles. The van der Waals surface area contributed by atoms with Crippen molar-refractivity contribution in [2.75, 3.05) is 24.3 Å². The minimum Gasteiger partial charge on any atom is -0.466 e. The van der Waals surface area contributed by atoms with Crippen LogP contribution in [0.4, 0.5) is 5.69 Å². The number of nitrogens with two attached hydrogens (primary N) is 1. The van der Waals surface area contributed by atoms with Crippen molar-refractivity contribution in [1.29, 1.82) is 0 Å². The average molecular weight is 285 g/mol. The molecule has 0 atom stereocenters. The fourth-order valence-corrected chi connectivity index (χ4v) is 2.15. The van der Waals surface area contributed by atoms with Crippen molar-refractivity contribution in [2.45, 2.75) is 19.3 Å². The highest BCUT2D eigenvalue weighted by molar-refractivity contribution is 7.90. The Balaban J connectivity index is 2.19. The summed E-state index contributed by atoms with van der Waals surface area (Å²) in [5.74, 6) is -0.275. The van der Waals surface area contributed by atoms with Crippen molar-refractivity contribution in [3.05, 3.63) is 29.8 Å². The van der Waals surface area contributed by atoms with Gasteiger partial charge in [-0.3, -0.25) is 4.79 Å². The summed E-state index contributed by atoms with van der Waals surface area (Å²) in [6.07, 6.45) is 2.37. The molecule has 0 radical (unpaired) electrons. The maximum Gasteiger partial charge on any atom is 0.306 e. The summed E-state index contributed by atoms with van der Waals surface area (Å²) in [6, 6.07) is 7.30. The number of hydrogen-bond donors (Lipinski definition) is 1. The normalized spacial score (nSPS) is 11.2. The Hall–Kier alpha value is -1.56. The first kappa shape index (κ1) is 15.5. The summed E-state index contributed by atoms with van der Waals surface area (Å²) in [5, 5.41) is 0. The Morgan fingerprint density at radius 3 is 2.47 bits per heavy atom. The molecule has 106 valence electrons. The molecule has 5 nitrogen and oxygen atoms in total. The second-order valence-electron chi connectivity index (χ2n) is 4.45. The molecule has 1 aromatic rings. The van der Waals surface area contributed by atoms with E-state index in [1.165, 1.54) is 0 Å². The number of nitrogen functional groups attached to an aromatic ring is 1. The van der Waals surface area contributed by atoms with Gasteiger partial charge in [0.2, 0.25) is 0 Å². The van der Waals surface area contributed by atoms with Gasteiger partial charge in [0.05, 0.1) is 12.4 Å². The van der Waals surface area contributed by atoms with E-state index in [0.29, 0.717) is 18.5 Å². The number of carbonyl (C=O) groups is 1. The third-order valence-corrected chi connectivity index (χ3v) is 3.55. The van der Waals surface area contributed by atoms with Crippen LogP contribution in [0.1, 0.15) is 18.4 Å². The molecule has 0 aliphatic heterocycles. The Morgan fingerprint density at radius 1 is 1.26 bits per heavy atom. The van der Waals surface area contributed by atoms with Crippen LogP contribution in [0, 0.1) is 0 Å². The molecule has 0 fully saturated rings. The van der Waals surface area contributed by atoms with Gasteiger partial charge >= 0.3 is 5.97 Å². The zero-order valence-corrected chi connectivity index (χ0v) is 11.8. The quantitative estimate of drug-likeness (QED) is 0.462. The van der Waals surface area contributed by atoms with Gasteiger partial charge in [-0.05, 0) is 30.5 Å². The highest BCUT2D eigenvalue weighted by Crippen LogP contribution is 2.08. The van der Waals surface area contributed by atoms with Gasteiger partial charge in [-0.1, -0.05) is 12.1 Å². The molecule has 6 heteroatoms. The third-order valence-electron chi connectivity index (χ3n) is 2.52. The second-order valence-corrected chi connectivity index (χ2v) is 6.71. The minimum absolute atomic E-state index is 0.0399. The van der Waals surface area contributed by atoms with Gasteiger partial charge in [-0.15, -0.1) is 0 Å². The lowest BCUT2D eigenvalue weighted by atomic mass is 10.1. The summed E-state index contributed by atoms with van der Waals surface area (Å²) < 4.78 is 26.7. The van der Waals surface area contributed by atoms with Gasteiger partial charge in [-0.25, -0.2) is 8.42 Å². The molecular weight excluding hydrogens is 266 g/mol. The van der Waals surface area contributed by atoms with Crippen molar-refractivity contribution in [3.8, 4) is 0 Å². The van der Waals surface area contributed by atoms with Gasteiger partial charge in [0.25, 0.3) is 0 Å². The smallest absolute Gasteiger partial charge is 0.306 e. The zero-order chi connectivity index (χ0) is 14.3. The first-order valence-corrected chi connectivity index (χ1v) is 8.10. The number of hydrogen-bond acceptors (Lipinski definition) is 5. The Bertz CT molecular complexity index is 508. The number of benzene rings is 1. The van der Waals surface area contributed by atoms with Crippen LogP contribution in [0.2, 0.25) is 0 Å². The van der Waals surface area contributed by atoms with Crippen LogP contribution in [0.25, 0.3) is 0 Å². The van der Waals surface area contributed by atoms with Crippen LogP contribution in [0.15, 0.2) is 24.3 Å². The van der Waals surface area contributed by atoms with E-state index in [0.717, 1.165) is 11.8 Å². The molecule has 1 rings (SSSR count). The van der Waals surface area contributed by atoms with Crippen molar-refractivity contribution < 1.29 is 17.9 Å². The number of ether oxygens (including phenoxy) is 1. The lowest BCUT2D eigenvalue weighted by Crippen LogP contribution is -2.11. The van der Waals surface area contributed by atoms with Crippen molar-refractivity contribution >= 4 is 21.5 Å². The number of anilines is 1. The van der Waals surface area contributed by atoms with E-state index in [2.05, 4.69) is 0 Å². The minimum atomic E-state index is -2.98. The lowest BCUT2D eigenvalue weighted by Gasteiger charge is -2.05. The van der Waals surface area contributed by atoms with E-state index < -0.39 is 9.84 Å². The van der Waals surface area contributed by atoms with Crippen LogP contribution in [0.3, 0.4) is 0 Å². The number of sulfone groups is 1. The summed E-state index contributed by atoms with van der Waals surface area (Å²) in [6.45, 7) is 0.146. The third kappa shape index (κ3) is 7.46. The molecule has 0 aliphatic rings. The molecule has 2 N–H and O–H groups in total. The zero-order valence-electron chi connectivity index (χ0n) is 11.0. The number of rotatable bonds is 7. The summed E-state index contributed by atoms with van der Waals surface area (Å²) in [5.41, 5.74) is 7.26. The Morgan fingerprint density at radius 2 is 1.89 bits per heavy atom. The van der Waals surface area contributed by atoms with Gasteiger partial charge in [0.15, 0.2) is 0 Å². The summed E-state index contributed by atoms with van der Waals surface area (Å²) in [4.78, 5) is 11.4. The van der Waals surface area contributed by atoms with Crippen molar-refractivity contribution in [1.82, 2.24) is 0 Å². The monoisotopic (exact) mass is 285 g/mol. The molecule has 0 unspecified atom stereocenters.